The van der Waals surface area contributed by atoms with Gasteiger partial charge in [0.1, 0.15) is 5.82 Å². The fraction of sp³-hybridized carbons (Fsp3) is 0.389. The molecule has 10 nitrogen and oxygen atoms in total. The highest BCUT2D eigenvalue weighted by atomic mass is 16.3. The van der Waals surface area contributed by atoms with Crippen LogP contribution in [0.3, 0.4) is 0 Å². The second-order valence-electron chi connectivity index (χ2n) is 6.78. The molecule has 1 N–H and O–H groups in total. The molecule has 0 aromatic carbocycles. The number of piperazine rings is 1. The van der Waals surface area contributed by atoms with E-state index in [1.165, 1.54) is 6.39 Å². The van der Waals surface area contributed by atoms with E-state index in [2.05, 4.69) is 42.2 Å². The number of aryl methyl sites for hydroxylation is 1. The van der Waals surface area contributed by atoms with Crippen molar-refractivity contribution in [3.8, 4) is 17.4 Å². The maximum atomic E-state index is 12.5. The molecule has 28 heavy (non-hydrogen) atoms. The third-order valence-corrected chi connectivity index (χ3v) is 4.63. The van der Waals surface area contributed by atoms with Crippen molar-refractivity contribution in [1.29, 1.82) is 0 Å². The Balaban J connectivity index is 1.56. The molecule has 1 aliphatic rings. The minimum atomic E-state index is -0.116. The zero-order valence-electron chi connectivity index (χ0n) is 15.9. The van der Waals surface area contributed by atoms with Crippen molar-refractivity contribution in [2.45, 2.75) is 6.92 Å². The van der Waals surface area contributed by atoms with Crippen LogP contribution >= 0.6 is 0 Å². The first-order valence-corrected chi connectivity index (χ1v) is 9.09. The van der Waals surface area contributed by atoms with Crippen LogP contribution in [0.5, 0.6) is 0 Å². The summed E-state index contributed by atoms with van der Waals surface area (Å²) in [6, 6.07) is 3.48. The summed E-state index contributed by atoms with van der Waals surface area (Å²) in [5.74, 6) is 1.61. The summed E-state index contributed by atoms with van der Waals surface area (Å²) in [5, 5.41) is 7.08. The Morgan fingerprint density at radius 1 is 1.25 bits per heavy atom. The van der Waals surface area contributed by atoms with E-state index in [-0.39, 0.29) is 5.91 Å². The smallest absolute Gasteiger partial charge is 0.239 e. The van der Waals surface area contributed by atoms with Crippen LogP contribution in [0.4, 0.5) is 5.82 Å². The molecule has 0 unspecified atom stereocenters. The Morgan fingerprint density at radius 3 is 2.75 bits per heavy atom. The average Bonchev–Trinajstić information content (AvgIpc) is 3.35. The van der Waals surface area contributed by atoms with E-state index in [9.17, 15) is 4.79 Å². The molecule has 3 aromatic rings. The molecule has 0 radical (unpaired) electrons. The van der Waals surface area contributed by atoms with Crippen molar-refractivity contribution >= 4 is 11.7 Å². The van der Waals surface area contributed by atoms with Crippen molar-refractivity contribution < 1.29 is 9.21 Å². The lowest BCUT2D eigenvalue weighted by Crippen LogP contribution is -2.47. The number of carbonyl (C=O) groups is 1. The quantitative estimate of drug-likeness (QED) is 0.691. The van der Waals surface area contributed by atoms with Crippen molar-refractivity contribution in [1.82, 2.24) is 34.5 Å². The third-order valence-electron chi connectivity index (χ3n) is 4.63. The van der Waals surface area contributed by atoms with E-state index in [0.29, 0.717) is 35.5 Å². The van der Waals surface area contributed by atoms with Gasteiger partial charge in [-0.05, 0) is 20.0 Å². The third kappa shape index (κ3) is 4.07. The van der Waals surface area contributed by atoms with Crippen LogP contribution < -0.4 is 5.32 Å². The van der Waals surface area contributed by atoms with Crippen LogP contribution in [-0.4, -0.2) is 80.2 Å². The topological polar surface area (TPSA) is 105 Å². The molecule has 10 heteroatoms. The van der Waals surface area contributed by atoms with Gasteiger partial charge < -0.3 is 14.6 Å². The number of aromatic nitrogens is 5. The lowest BCUT2D eigenvalue weighted by Gasteiger charge is -2.31. The summed E-state index contributed by atoms with van der Waals surface area (Å²) in [7, 11) is 2.09. The number of hydrogen-bond donors (Lipinski definition) is 1. The second kappa shape index (κ2) is 7.87. The average molecular weight is 382 g/mol. The molecule has 4 heterocycles. The Kier molecular flexibility index (Phi) is 5.13. The van der Waals surface area contributed by atoms with Gasteiger partial charge in [0.05, 0.1) is 12.2 Å². The maximum Gasteiger partial charge on any atom is 0.239 e. The van der Waals surface area contributed by atoms with Crippen LogP contribution in [0.1, 0.15) is 5.69 Å². The van der Waals surface area contributed by atoms with Crippen LogP contribution in [0, 0.1) is 6.92 Å². The Bertz CT molecular complexity index is 944. The molecule has 0 aliphatic carbocycles. The Hall–Kier alpha value is -3.11. The van der Waals surface area contributed by atoms with Gasteiger partial charge in [0.15, 0.2) is 18.0 Å². The number of nitrogens with one attached hydrogen (secondary N) is 1. The van der Waals surface area contributed by atoms with Crippen molar-refractivity contribution in [2.24, 2.45) is 0 Å². The second-order valence-corrected chi connectivity index (χ2v) is 6.78. The Labute approximate surface area is 162 Å². The fourth-order valence-corrected chi connectivity index (χ4v) is 3.03. The van der Waals surface area contributed by atoms with Crippen LogP contribution in [0.15, 0.2) is 35.3 Å². The summed E-state index contributed by atoms with van der Waals surface area (Å²) < 4.78 is 7.03. The number of likely N-dealkylation sites (N-methyl/N-ethyl adjacent to an activating group) is 1. The van der Waals surface area contributed by atoms with Crippen LogP contribution in [0.2, 0.25) is 0 Å². The monoisotopic (exact) mass is 382 g/mol. The molecule has 0 atom stereocenters. The number of hydrogen-bond acceptors (Lipinski definition) is 8. The number of amides is 1. The lowest BCUT2D eigenvalue weighted by molar-refractivity contribution is -0.117. The number of rotatable bonds is 5. The van der Waals surface area contributed by atoms with Gasteiger partial charge >= 0.3 is 0 Å². The van der Waals surface area contributed by atoms with Crippen molar-refractivity contribution in [3.05, 3.63) is 36.6 Å². The molecular formula is C18H22N8O2. The number of nitrogens with zero attached hydrogens (tertiary/aromatic N) is 7. The molecule has 3 aromatic heterocycles. The number of anilines is 1. The molecular weight excluding hydrogens is 360 g/mol. The summed E-state index contributed by atoms with van der Waals surface area (Å²) in [4.78, 5) is 30.0. The molecule has 0 bridgehead atoms. The first-order chi connectivity index (χ1) is 13.6. The highest BCUT2D eigenvalue weighted by Crippen LogP contribution is 2.22. The number of carbonyl (C=O) groups excluding carboxylic acids is 1. The minimum Gasteiger partial charge on any atom is -0.440 e. The van der Waals surface area contributed by atoms with E-state index >= 15 is 0 Å². The van der Waals surface area contributed by atoms with Gasteiger partial charge in [-0.15, -0.1) is 0 Å². The SMILES string of the molecule is Cc1ncoc1-c1nc(NC(=O)CN2CCN(C)CC2)cc(-n2cccn2)n1. The highest BCUT2D eigenvalue weighted by Gasteiger charge is 2.19. The van der Waals surface area contributed by atoms with Crippen molar-refractivity contribution in [2.75, 3.05) is 45.1 Å². The zero-order valence-corrected chi connectivity index (χ0v) is 15.9. The number of oxazole rings is 1. The standard InChI is InChI=1S/C18H22N8O2/c1-13-17(28-12-19-13)18-22-14(10-15(23-18)26-5-3-4-20-26)21-16(27)11-25-8-6-24(2)7-9-25/h3-5,10,12H,6-9,11H2,1-2H3,(H,21,22,23,27). The van der Waals surface area contributed by atoms with Gasteiger partial charge in [-0.25, -0.2) is 19.6 Å². The van der Waals surface area contributed by atoms with Gasteiger partial charge in [0.2, 0.25) is 11.7 Å². The highest BCUT2D eigenvalue weighted by molar-refractivity contribution is 5.91. The van der Waals surface area contributed by atoms with E-state index in [1.807, 2.05) is 6.92 Å². The summed E-state index contributed by atoms with van der Waals surface area (Å²) >= 11 is 0. The summed E-state index contributed by atoms with van der Waals surface area (Å²) in [6.45, 7) is 5.79. The predicted molar refractivity (Wildman–Crippen MR) is 102 cm³/mol. The molecule has 1 amide bonds. The van der Waals surface area contributed by atoms with Gasteiger partial charge in [-0.1, -0.05) is 0 Å². The molecule has 0 saturated carbocycles. The normalized spacial score (nSPS) is 15.6. The first-order valence-electron chi connectivity index (χ1n) is 9.09. The minimum absolute atomic E-state index is 0.116. The fourth-order valence-electron chi connectivity index (χ4n) is 3.03. The zero-order chi connectivity index (χ0) is 19.5. The molecule has 4 rings (SSSR count). The van der Waals surface area contributed by atoms with E-state index in [0.717, 1.165) is 26.2 Å². The Morgan fingerprint density at radius 2 is 2.07 bits per heavy atom. The lowest BCUT2D eigenvalue weighted by atomic mass is 10.3. The molecule has 1 fully saturated rings. The van der Waals surface area contributed by atoms with E-state index in [4.69, 9.17) is 4.42 Å². The maximum absolute atomic E-state index is 12.5. The van der Waals surface area contributed by atoms with E-state index < -0.39 is 0 Å². The summed E-state index contributed by atoms with van der Waals surface area (Å²) in [6.07, 6.45) is 4.78. The van der Waals surface area contributed by atoms with Crippen molar-refractivity contribution in [3.63, 3.8) is 0 Å². The van der Waals surface area contributed by atoms with Crippen LogP contribution in [0.25, 0.3) is 17.4 Å². The molecule has 0 spiro atoms. The van der Waals surface area contributed by atoms with Crippen LogP contribution in [-0.2, 0) is 4.79 Å². The molecule has 1 aliphatic heterocycles. The van der Waals surface area contributed by atoms with E-state index in [1.54, 1.807) is 29.2 Å². The van der Waals surface area contributed by atoms with Gasteiger partial charge in [-0.3, -0.25) is 9.69 Å². The first kappa shape index (κ1) is 18.3. The van der Waals surface area contributed by atoms with Gasteiger partial charge in [0, 0.05) is 44.6 Å². The van der Waals surface area contributed by atoms with Gasteiger partial charge in [0.25, 0.3) is 0 Å². The predicted octanol–water partition coefficient (Wildman–Crippen LogP) is 0.812. The molecule has 146 valence electrons. The van der Waals surface area contributed by atoms with Gasteiger partial charge in [-0.2, -0.15) is 5.10 Å². The molecule has 1 saturated heterocycles. The largest absolute Gasteiger partial charge is 0.440 e. The summed E-state index contributed by atoms with van der Waals surface area (Å²) in [5.41, 5.74) is 0.673.